The molecular weight excluding hydrogens is 425 g/mol. The van der Waals surface area contributed by atoms with E-state index in [4.69, 9.17) is 4.74 Å². The van der Waals surface area contributed by atoms with E-state index in [1.54, 1.807) is 13.0 Å². The largest absolute Gasteiger partial charge is 0.461 e. The highest BCUT2D eigenvalue weighted by Gasteiger charge is 2.41. The van der Waals surface area contributed by atoms with Gasteiger partial charge in [-0.3, -0.25) is 9.59 Å². The van der Waals surface area contributed by atoms with Crippen LogP contribution in [0.1, 0.15) is 47.1 Å². The second kappa shape index (κ2) is 9.07. The number of hydrogen-bond acceptors (Lipinski definition) is 4. The SMILES string of the molecule is Cc1cc(C)c(C2C(=O)CC(C(C)CSc3ccccc3C(F)(F)F)OC2=O)c(C)c1. The van der Waals surface area contributed by atoms with Gasteiger partial charge in [-0.2, -0.15) is 13.2 Å². The molecule has 2 aromatic carbocycles. The van der Waals surface area contributed by atoms with E-state index in [9.17, 15) is 22.8 Å². The Kier molecular flexibility index (Phi) is 6.84. The van der Waals surface area contributed by atoms with Crippen molar-refractivity contribution >= 4 is 23.5 Å². The summed E-state index contributed by atoms with van der Waals surface area (Å²) in [6.07, 6.45) is -5.02. The summed E-state index contributed by atoms with van der Waals surface area (Å²) in [7, 11) is 0. The summed E-state index contributed by atoms with van der Waals surface area (Å²) >= 11 is 1.06. The van der Waals surface area contributed by atoms with E-state index >= 15 is 0 Å². The van der Waals surface area contributed by atoms with Gasteiger partial charge in [-0.1, -0.05) is 36.8 Å². The number of esters is 1. The Labute approximate surface area is 184 Å². The van der Waals surface area contributed by atoms with E-state index in [0.29, 0.717) is 11.3 Å². The van der Waals surface area contributed by atoms with Crippen molar-refractivity contribution in [3.63, 3.8) is 0 Å². The molecule has 0 aromatic heterocycles. The lowest BCUT2D eigenvalue weighted by atomic mass is 9.82. The van der Waals surface area contributed by atoms with Crippen LogP contribution in [0.25, 0.3) is 0 Å². The molecule has 1 saturated heterocycles. The normalized spacial score (nSPS) is 20.5. The topological polar surface area (TPSA) is 43.4 Å². The molecule has 7 heteroatoms. The highest BCUT2D eigenvalue weighted by Crippen LogP contribution is 2.39. The van der Waals surface area contributed by atoms with Gasteiger partial charge in [0, 0.05) is 23.0 Å². The first-order valence-electron chi connectivity index (χ1n) is 10.1. The van der Waals surface area contributed by atoms with Crippen molar-refractivity contribution in [1.82, 2.24) is 0 Å². The average molecular weight is 451 g/mol. The van der Waals surface area contributed by atoms with E-state index in [-0.39, 0.29) is 23.0 Å². The van der Waals surface area contributed by atoms with Gasteiger partial charge >= 0.3 is 12.1 Å². The number of benzene rings is 2. The van der Waals surface area contributed by atoms with Crippen molar-refractivity contribution in [1.29, 1.82) is 0 Å². The molecule has 0 spiro atoms. The molecule has 2 aromatic rings. The van der Waals surface area contributed by atoms with Crippen molar-refractivity contribution in [3.8, 4) is 0 Å². The van der Waals surface area contributed by atoms with Gasteiger partial charge in [0.2, 0.25) is 0 Å². The lowest BCUT2D eigenvalue weighted by Gasteiger charge is -2.32. The van der Waals surface area contributed by atoms with E-state index in [2.05, 4.69) is 0 Å². The van der Waals surface area contributed by atoms with Crippen LogP contribution >= 0.6 is 11.8 Å². The molecule has 0 saturated carbocycles. The summed E-state index contributed by atoms with van der Waals surface area (Å²) in [4.78, 5) is 25.8. The number of halogens is 3. The molecule has 0 aliphatic carbocycles. The van der Waals surface area contributed by atoms with Gasteiger partial charge in [0.1, 0.15) is 12.0 Å². The van der Waals surface area contributed by atoms with Gasteiger partial charge in [-0.05, 0) is 49.6 Å². The number of cyclic esters (lactones) is 1. The fourth-order valence-electron chi connectivity index (χ4n) is 4.10. The minimum absolute atomic E-state index is 0.0613. The summed E-state index contributed by atoms with van der Waals surface area (Å²) in [5.74, 6) is -1.71. The van der Waals surface area contributed by atoms with Gasteiger partial charge in [-0.25, -0.2) is 0 Å². The van der Waals surface area contributed by atoms with Crippen molar-refractivity contribution in [2.75, 3.05) is 5.75 Å². The Morgan fingerprint density at radius 1 is 1.10 bits per heavy atom. The summed E-state index contributed by atoms with van der Waals surface area (Å²) in [5.41, 5.74) is 2.81. The Hall–Kier alpha value is -2.28. The molecule has 31 heavy (non-hydrogen) atoms. The molecule has 0 N–H and O–H groups in total. The minimum atomic E-state index is -4.43. The van der Waals surface area contributed by atoms with Gasteiger partial charge < -0.3 is 4.74 Å². The molecule has 166 valence electrons. The average Bonchev–Trinajstić information content (AvgIpc) is 2.66. The lowest BCUT2D eigenvalue weighted by molar-refractivity contribution is -0.162. The van der Waals surface area contributed by atoms with E-state index in [1.807, 2.05) is 32.9 Å². The first kappa shape index (κ1) is 23.4. The zero-order chi connectivity index (χ0) is 22.9. The smallest absolute Gasteiger partial charge is 0.417 e. The van der Waals surface area contributed by atoms with Gasteiger partial charge in [0.25, 0.3) is 0 Å². The van der Waals surface area contributed by atoms with E-state index in [1.165, 1.54) is 12.1 Å². The van der Waals surface area contributed by atoms with Crippen LogP contribution in [0.2, 0.25) is 0 Å². The molecule has 0 bridgehead atoms. The first-order chi connectivity index (χ1) is 14.5. The standard InChI is InChI=1S/C24H25F3O3S/c1-13-9-14(2)21(15(3)10-13)22-18(28)11-19(30-23(22)29)16(4)12-31-20-8-6-5-7-17(20)24(25,26)27/h5-10,16,19,22H,11-12H2,1-4H3. The fourth-order valence-corrected chi connectivity index (χ4v) is 5.28. The Balaban J connectivity index is 1.71. The summed E-state index contributed by atoms with van der Waals surface area (Å²) < 4.78 is 45.2. The Morgan fingerprint density at radius 3 is 2.29 bits per heavy atom. The third kappa shape index (κ3) is 5.14. The third-order valence-corrected chi connectivity index (χ3v) is 6.94. The predicted octanol–water partition coefficient (Wildman–Crippen LogP) is 6.03. The molecule has 3 unspecified atom stereocenters. The number of ether oxygens (including phenoxy) is 1. The van der Waals surface area contributed by atoms with Crippen molar-refractivity contribution in [2.24, 2.45) is 5.92 Å². The predicted molar refractivity (Wildman–Crippen MR) is 114 cm³/mol. The van der Waals surface area contributed by atoms with Crippen LogP contribution in [0, 0.1) is 26.7 Å². The second-order valence-electron chi connectivity index (χ2n) is 8.17. The van der Waals surface area contributed by atoms with Crippen LogP contribution < -0.4 is 0 Å². The Morgan fingerprint density at radius 2 is 1.71 bits per heavy atom. The molecule has 3 atom stereocenters. The highest BCUT2D eigenvalue weighted by atomic mass is 32.2. The number of Topliss-reactive ketones (excluding diaryl/α,β-unsaturated/α-hetero) is 1. The maximum absolute atomic E-state index is 13.2. The number of carbonyl (C=O) groups is 2. The van der Waals surface area contributed by atoms with E-state index < -0.39 is 29.7 Å². The molecular formula is C24H25F3O3S. The van der Waals surface area contributed by atoms with E-state index in [0.717, 1.165) is 34.5 Å². The maximum atomic E-state index is 13.2. The van der Waals surface area contributed by atoms with Crippen molar-refractivity contribution in [3.05, 3.63) is 64.2 Å². The summed E-state index contributed by atoms with van der Waals surface area (Å²) in [6.45, 7) is 7.49. The highest BCUT2D eigenvalue weighted by molar-refractivity contribution is 7.99. The first-order valence-corrected chi connectivity index (χ1v) is 11.1. The number of alkyl halides is 3. The quantitative estimate of drug-likeness (QED) is 0.317. The monoisotopic (exact) mass is 450 g/mol. The lowest BCUT2D eigenvalue weighted by Crippen LogP contribution is -2.41. The van der Waals surface area contributed by atoms with Gasteiger partial charge in [-0.15, -0.1) is 11.8 Å². The molecule has 0 amide bonds. The second-order valence-corrected chi connectivity index (χ2v) is 9.24. The molecule has 1 heterocycles. The molecule has 3 rings (SSSR count). The van der Waals surface area contributed by atoms with Gasteiger partial charge in [0.15, 0.2) is 5.78 Å². The summed E-state index contributed by atoms with van der Waals surface area (Å²) in [5, 5.41) is 0. The summed E-state index contributed by atoms with van der Waals surface area (Å²) in [6, 6.07) is 9.26. The zero-order valence-electron chi connectivity index (χ0n) is 17.9. The number of rotatable bonds is 5. The number of ketones is 1. The number of aryl methyl sites for hydroxylation is 3. The maximum Gasteiger partial charge on any atom is 0.417 e. The molecule has 1 aliphatic rings. The molecule has 1 fully saturated rings. The number of thioether (sulfide) groups is 1. The number of hydrogen-bond donors (Lipinski definition) is 0. The molecule has 1 aliphatic heterocycles. The van der Waals surface area contributed by atoms with Crippen molar-refractivity contribution in [2.45, 2.75) is 57.2 Å². The van der Waals surface area contributed by atoms with Crippen LogP contribution in [-0.2, 0) is 20.5 Å². The fraction of sp³-hybridized carbons (Fsp3) is 0.417. The molecule has 3 nitrogen and oxygen atoms in total. The third-order valence-electron chi connectivity index (χ3n) is 5.58. The minimum Gasteiger partial charge on any atom is -0.461 e. The van der Waals surface area contributed by atoms with Crippen LogP contribution in [0.4, 0.5) is 13.2 Å². The zero-order valence-corrected chi connectivity index (χ0v) is 18.7. The van der Waals surface area contributed by atoms with Gasteiger partial charge in [0.05, 0.1) is 5.56 Å². The number of carbonyl (C=O) groups excluding carboxylic acids is 2. The molecule has 0 radical (unpaired) electrons. The van der Waals surface area contributed by atoms with Crippen LogP contribution in [0.3, 0.4) is 0 Å². The van der Waals surface area contributed by atoms with Crippen LogP contribution in [0.5, 0.6) is 0 Å². The van der Waals surface area contributed by atoms with Crippen LogP contribution in [0.15, 0.2) is 41.3 Å². The Bertz CT molecular complexity index is 959. The van der Waals surface area contributed by atoms with Crippen LogP contribution in [-0.4, -0.2) is 23.6 Å². The van der Waals surface area contributed by atoms with Crippen molar-refractivity contribution < 1.29 is 27.5 Å².